The van der Waals surface area contributed by atoms with Crippen molar-refractivity contribution in [2.24, 2.45) is 0 Å². The number of hydrogen-bond acceptors (Lipinski definition) is 6. The van der Waals surface area contributed by atoms with Gasteiger partial charge >= 0.3 is 0 Å². The first kappa shape index (κ1) is 21.5. The highest BCUT2D eigenvalue weighted by atomic mass is 32.2. The number of fused-ring (bicyclic) bond motifs is 3. The van der Waals surface area contributed by atoms with E-state index in [1.165, 1.54) is 22.5 Å². The topological polar surface area (TPSA) is 69.3 Å². The van der Waals surface area contributed by atoms with E-state index in [0.717, 1.165) is 55.7 Å². The van der Waals surface area contributed by atoms with Gasteiger partial charge in [-0.15, -0.1) is 23.1 Å². The number of nitrogens with zero attached hydrogens (tertiary/aromatic N) is 3. The maximum atomic E-state index is 13.0. The SMILES string of the molecule is C[C@H](SCc1nc2sc3c(c2c(=O)[nH]1)CCCC3)C(=O)N1CCN(c2ccccc2)CC1. The Morgan fingerprint density at radius 1 is 1.16 bits per heavy atom. The molecule has 32 heavy (non-hydrogen) atoms. The Labute approximate surface area is 196 Å². The molecule has 1 saturated heterocycles. The van der Waals surface area contributed by atoms with Crippen LogP contribution in [-0.2, 0) is 23.4 Å². The lowest BCUT2D eigenvalue weighted by atomic mass is 9.97. The quantitative estimate of drug-likeness (QED) is 0.616. The maximum absolute atomic E-state index is 13.0. The van der Waals surface area contributed by atoms with E-state index >= 15 is 0 Å². The molecule has 1 fully saturated rings. The normalized spacial score (nSPS) is 17.4. The zero-order valence-electron chi connectivity index (χ0n) is 18.3. The zero-order valence-corrected chi connectivity index (χ0v) is 19.9. The zero-order chi connectivity index (χ0) is 22.1. The first-order valence-electron chi connectivity index (χ1n) is 11.3. The van der Waals surface area contributed by atoms with Crippen molar-refractivity contribution >= 4 is 44.9 Å². The molecule has 5 rings (SSSR count). The number of carbonyl (C=O) groups is 1. The highest BCUT2D eigenvalue weighted by Gasteiger charge is 2.26. The third-order valence-electron chi connectivity index (χ3n) is 6.40. The number of hydrogen-bond donors (Lipinski definition) is 1. The number of para-hydroxylation sites is 1. The molecular formula is C24H28N4O2S2. The number of thioether (sulfide) groups is 1. The molecule has 1 aromatic carbocycles. The number of aryl methyl sites for hydroxylation is 2. The summed E-state index contributed by atoms with van der Waals surface area (Å²) in [6.45, 7) is 5.13. The minimum Gasteiger partial charge on any atom is -0.368 e. The average Bonchev–Trinajstić information content (AvgIpc) is 3.21. The number of thiophene rings is 1. The number of rotatable bonds is 5. The molecule has 168 valence electrons. The molecule has 0 spiro atoms. The summed E-state index contributed by atoms with van der Waals surface area (Å²) in [6, 6.07) is 10.4. The molecule has 0 bridgehead atoms. The lowest BCUT2D eigenvalue weighted by Crippen LogP contribution is -2.50. The van der Waals surface area contributed by atoms with Crippen molar-refractivity contribution in [3.8, 4) is 0 Å². The van der Waals surface area contributed by atoms with Gasteiger partial charge in [0.05, 0.1) is 16.4 Å². The van der Waals surface area contributed by atoms with Crippen molar-refractivity contribution in [3.63, 3.8) is 0 Å². The monoisotopic (exact) mass is 468 g/mol. The summed E-state index contributed by atoms with van der Waals surface area (Å²) in [5.74, 6) is 1.36. The Bertz CT molecular complexity index is 1170. The standard InChI is InChI=1S/C24H28N4O2S2/c1-16(24(30)28-13-11-27(12-14-28)17-7-3-2-4-8-17)31-15-20-25-22(29)21-18-9-5-6-10-19(18)32-23(21)26-20/h2-4,7-8,16H,5-6,9-15H2,1H3,(H,25,26,29)/t16-/m0/s1. The fraction of sp³-hybridized carbons (Fsp3) is 0.458. The lowest BCUT2D eigenvalue weighted by Gasteiger charge is -2.37. The van der Waals surface area contributed by atoms with Crippen LogP contribution in [0.1, 0.15) is 36.0 Å². The molecular weight excluding hydrogens is 440 g/mol. The van der Waals surface area contributed by atoms with Gasteiger partial charge < -0.3 is 14.8 Å². The van der Waals surface area contributed by atoms with Crippen molar-refractivity contribution in [1.29, 1.82) is 0 Å². The second-order valence-corrected chi connectivity index (χ2v) is 10.9. The first-order chi connectivity index (χ1) is 15.6. The Balaban J connectivity index is 1.19. The smallest absolute Gasteiger partial charge is 0.259 e. The number of amides is 1. The predicted octanol–water partition coefficient (Wildman–Crippen LogP) is 3.83. The molecule has 1 aliphatic heterocycles. The van der Waals surface area contributed by atoms with Crippen LogP contribution in [0.5, 0.6) is 0 Å². The molecule has 2 aliphatic rings. The molecule has 3 aromatic rings. The van der Waals surface area contributed by atoms with E-state index in [9.17, 15) is 9.59 Å². The van der Waals surface area contributed by atoms with Gasteiger partial charge in [-0.05, 0) is 50.3 Å². The van der Waals surface area contributed by atoms with Crippen LogP contribution in [0.2, 0.25) is 0 Å². The largest absolute Gasteiger partial charge is 0.368 e. The van der Waals surface area contributed by atoms with Gasteiger partial charge in [-0.2, -0.15) is 0 Å². The molecule has 8 heteroatoms. The molecule has 6 nitrogen and oxygen atoms in total. The molecule has 2 aromatic heterocycles. The molecule has 1 aliphatic carbocycles. The minimum absolute atomic E-state index is 0.0268. The van der Waals surface area contributed by atoms with Gasteiger partial charge in [-0.3, -0.25) is 9.59 Å². The predicted molar refractivity (Wildman–Crippen MR) is 133 cm³/mol. The van der Waals surface area contributed by atoms with Gasteiger partial charge in [-0.25, -0.2) is 4.98 Å². The molecule has 0 radical (unpaired) electrons. The summed E-state index contributed by atoms with van der Waals surface area (Å²) in [6.07, 6.45) is 4.38. The highest BCUT2D eigenvalue weighted by molar-refractivity contribution is 7.99. The number of H-pyrrole nitrogens is 1. The number of piperazine rings is 1. The van der Waals surface area contributed by atoms with Gasteiger partial charge in [0.25, 0.3) is 5.56 Å². The van der Waals surface area contributed by atoms with Crippen LogP contribution in [0.25, 0.3) is 10.2 Å². The van der Waals surface area contributed by atoms with E-state index in [1.54, 1.807) is 23.1 Å². The summed E-state index contributed by atoms with van der Waals surface area (Å²) in [5, 5.41) is 0.620. The van der Waals surface area contributed by atoms with E-state index in [4.69, 9.17) is 4.98 Å². The highest BCUT2D eigenvalue weighted by Crippen LogP contribution is 2.33. The second-order valence-electron chi connectivity index (χ2n) is 8.50. The van der Waals surface area contributed by atoms with Crippen molar-refractivity contribution in [2.45, 2.75) is 43.6 Å². The molecule has 1 amide bonds. The van der Waals surface area contributed by atoms with Crippen LogP contribution >= 0.6 is 23.1 Å². The summed E-state index contributed by atoms with van der Waals surface area (Å²) in [7, 11) is 0. The first-order valence-corrected chi connectivity index (χ1v) is 13.2. The van der Waals surface area contributed by atoms with Gasteiger partial charge in [0, 0.05) is 36.7 Å². The Morgan fingerprint density at radius 3 is 2.69 bits per heavy atom. The van der Waals surface area contributed by atoms with Crippen molar-refractivity contribution in [1.82, 2.24) is 14.9 Å². The van der Waals surface area contributed by atoms with E-state index in [0.29, 0.717) is 11.6 Å². The number of aromatic nitrogens is 2. The lowest BCUT2D eigenvalue weighted by molar-refractivity contribution is -0.130. The molecule has 1 N–H and O–H groups in total. The third-order valence-corrected chi connectivity index (χ3v) is 8.73. The Hall–Kier alpha value is -2.32. The molecule has 1 atom stereocenters. The van der Waals surface area contributed by atoms with Crippen LogP contribution < -0.4 is 10.5 Å². The van der Waals surface area contributed by atoms with Gasteiger partial charge in [0.1, 0.15) is 10.7 Å². The Morgan fingerprint density at radius 2 is 1.91 bits per heavy atom. The summed E-state index contributed by atoms with van der Waals surface area (Å²) in [4.78, 5) is 39.9. The summed E-state index contributed by atoms with van der Waals surface area (Å²) >= 11 is 3.22. The number of nitrogens with one attached hydrogen (secondary N) is 1. The van der Waals surface area contributed by atoms with E-state index in [-0.39, 0.29) is 16.7 Å². The number of benzene rings is 1. The minimum atomic E-state index is -0.171. The third kappa shape index (κ3) is 4.30. The van der Waals surface area contributed by atoms with E-state index in [1.807, 2.05) is 30.0 Å². The van der Waals surface area contributed by atoms with Crippen LogP contribution in [0.3, 0.4) is 0 Å². The fourth-order valence-corrected chi connectivity index (χ4v) is 6.75. The second kappa shape index (κ2) is 9.27. The maximum Gasteiger partial charge on any atom is 0.259 e. The summed E-state index contributed by atoms with van der Waals surface area (Å²) < 4.78 is 0. The molecule has 0 saturated carbocycles. The fourth-order valence-electron chi connectivity index (χ4n) is 4.63. The van der Waals surface area contributed by atoms with Crippen LogP contribution in [0.15, 0.2) is 35.1 Å². The Kier molecular flexibility index (Phi) is 6.24. The molecule has 0 unspecified atom stereocenters. The van der Waals surface area contributed by atoms with Gasteiger partial charge in [0.2, 0.25) is 5.91 Å². The average molecular weight is 469 g/mol. The van der Waals surface area contributed by atoms with Gasteiger partial charge in [-0.1, -0.05) is 18.2 Å². The van der Waals surface area contributed by atoms with E-state index < -0.39 is 0 Å². The molecule has 3 heterocycles. The number of aromatic amines is 1. The number of carbonyl (C=O) groups excluding carboxylic acids is 1. The van der Waals surface area contributed by atoms with Crippen LogP contribution in [-0.4, -0.2) is 52.2 Å². The van der Waals surface area contributed by atoms with Crippen molar-refractivity contribution in [3.05, 3.63) is 57.0 Å². The van der Waals surface area contributed by atoms with Crippen LogP contribution in [0, 0.1) is 0 Å². The van der Waals surface area contributed by atoms with Gasteiger partial charge in [0.15, 0.2) is 0 Å². The van der Waals surface area contributed by atoms with Crippen LogP contribution in [0.4, 0.5) is 5.69 Å². The van der Waals surface area contributed by atoms with Crippen molar-refractivity contribution < 1.29 is 4.79 Å². The summed E-state index contributed by atoms with van der Waals surface area (Å²) in [5.41, 5.74) is 2.39. The number of anilines is 1. The van der Waals surface area contributed by atoms with Crippen molar-refractivity contribution in [2.75, 3.05) is 31.1 Å². The van der Waals surface area contributed by atoms with E-state index in [2.05, 4.69) is 22.0 Å².